The van der Waals surface area contributed by atoms with Crippen molar-refractivity contribution in [3.8, 4) is 11.5 Å². The number of hydrogen-bond donors (Lipinski definition) is 9. The van der Waals surface area contributed by atoms with Crippen LogP contribution in [0.4, 0.5) is 45.5 Å². The van der Waals surface area contributed by atoms with E-state index in [1.165, 1.54) is 0 Å². The molecule has 36 heteroatoms. The monoisotopic (exact) mass is 1060 g/mol. The van der Waals surface area contributed by atoms with Gasteiger partial charge in [0.15, 0.2) is 11.4 Å². The summed E-state index contributed by atoms with van der Waals surface area (Å²) in [6.45, 7) is 0. The van der Waals surface area contributed by atoms with Crippen LogP contribution in [0.15, 0.2) is 133 Å². The molecule has 0 atom stereocenters. The predicted octanol–water partition coefficient (Wildman–Crippen LogP) is 5.62. The van der Waals surface area contributed by atoms with Crippen LogP contribution in [0.2, 0.25) is 0 Å². The highest BCUT2D eigenvalue weighted by molar-refractivity contribution is 7.87. The second kappa shape index (κ2) is 17.2. The highest BCUT2D eigenvalue weighted by atomic mass is 32.2. The highest BCUT2D eigenvalue weighted by Gasteiger charge is 2.30. The molecule has 0 fully saturated rings. The van der Waals surface area contributed by atoms with E-state index in [0.717, 1.165) is 12.1 Å². The Balaban J connectivity index is 1.60. The summed E-state index contributed by atoms with van der Waals surface area (Å²) in [5.41, 5.74) is -0.726. The Morgan fingerprint density at radius 2 is 0.926 bits per heavy atom. The van der Waals surface area contributed by atoms with Gasteiger partial charge in [-0.05, 0) is 60.7 Å². The molecule has 10 N–H and O–H groups in total. The van der Waals surface area contributed by atoms with Gasteiger partial charge in [0, 0.05) is 22.9 Å². The number of nitro benzene ring substituents is 1. The largest absolute Gasteiger partial charge is 0.507 e. The van der Waals surface area contributed by atoms with E-state index in [-0.39, 0.29) is 0 Å². The van der Waals surface area contributed by atoms with Gasteiger partial charge < -0.3 is 15.9 Å². The fourth-order valence-corrected chi connectivity index (χ4v) is 9.47. The third kappa shape index (κ3) is 10.2. The summed E-state index contributed by atoms with van der Waals surface area (Å²) in [5, 5.41) is 53.0. The van der Waals surface area contributed by atoms with Gasteiger partial charge in [-0.15, -0.1) is 30.7 Å². The zero-order chi connectivity index (χ0) is 50.9. The number of fused-ring (bicyclic) bond motifs is 2. The van der Waals surface area contributed by atoms with E-state index < -0.39 is 174 Å². The number of hydrogen-bond acceptors (Lipinski definition) is 23. The lowest BCUT2D eigenvalue weighted by Crippen LogP contribution is -2.04. The van der Waals surface area contributed by atoms with Crippen LogP contribution in [0.3, 0.4) is 0 Å². The third-order valence-electron chi connectivity index (χ3n) is 8.93. The predicted molar refractivity (Wildman–Crippen MR) is 227 cm³/mol. The Morgan fingerprint density at radius 3 is 1.49 bits per heavy atom. The number of nitrogens with zero attached hydrogens (tertiary/aromatic N) is 7. The van der Waals surface area contributed by atoms with Gasteiger partial charge >= 0.3 is 0 Å². The van der Waals surface area contributed by atoms with Gasteiger partial charge in [-0.25, -0.2) is 0 Å². The lowest BCUT2D eigenvalue weighted by molar-refractivity contribution is -0.384. The maximum atomic E-state index is 12.7. The molecule has 0 heterocycles. The van der Waals surface area contributed by atoms with Crippen LogP contribution in [0.25, 0.3) is 21.5 Å². The number of nitrogens with two attached hydrogens (primary N) is 1. The Morgan fingerprint density at radius 1 is 0.441 bits per heavy atom. The van der Waals surface area contributed by atoms with Crippen LogP contribution in [0, 0.1) is 10.1 Å². The summed E-state index contributed by atoms with van der Waals surface area (Å²) in [4.78, 5) is 3.78. The molecule has 0 unspecified atom stereocenters. The lowest BCUT2D eigenvalue weighted by atomic mass is 10.0. The molecule has 68 heavy (non-hydrogen) atoms. The van der Waals surface area contributed by atoms with E-state index >= 15 is 0 Å². The molecule has 0 amide bonds. The molecule has 6 rings (SSSR count). The number of benzene rings is 6. The summed E-state index contributed by atoms with van der Waals surface area (Å²) in [7, 11) is -31.5. The van der Waals surface area contributed by atoms with Gasteiger partial charge in [-0.1, -0.05) is 0 Å². The van der Waals surface area contributed by atoms with Gasteiger partial charge in [0.25, 0.3) is 66.4 Å². The van der Waals surface area contributed by atoms with Crippen molar-refractivity contribution in [3.05, 3.63) is 82.9 Å². The van der Waals surface area contributed by atoms with E-state index in [1.807, 2.05) is 0 Å². The molecule has 0 aliphatic carbocycles. The maximum absolute atomic E-state index is 12.7. The van der Waals surface area contributed by atoms with E-state index in [2.05, 4.69) is 30.7 Å². The minimum atomic E-state index is -5.60. The molecule has 6 aromatic carbocycles. The van der Waals surface area contributed by atoms with Crippen molar-refractivity contribution in [2.45, 2.75) is 29.4 Å². The zero-order valence-electron chi connectivity index (χ0n) is 32.4. The molecule has 0 saturated carbocycles. The highest BCUT2D eigenvalue weighted by Crippen LogP contribution is 2.49. The van der Waals surface area contributed by atoms with Gasteiger partial charge in [0.2, 0.25) is 0 Å². The first-order chi connectivity index (χ1) is 31.1. The van der Waals surface area contributed by atoms with Crippen molar-refractivity contribution in [1.82, 2.24) is 0 Å². The molecular formula is C32H22N8O22S6. The normalized spacial score (nSPS) is 13.4. The molecule has 30 nitrogen and oxygen atoms in total. The van der Waals surface area contributed by atoms with E-state index in [1.54, 1.807) is 0 Å². The molecule has 0 aliphatic rings. The Labute approximate surface area is 379 Å². The minimum Gasteiger partial charge on any atom is -0.507 e. The van der Waals surface area contributed by atoms with Crippen LogP contribution in [0.5, 0.6) is 11.5 Å². The maximum Gasteiger partial charge on any atom is 0.298 e. The fraction of sp³-hybridized carbons (Fsp3) is 0. The van der Waals surface area contributed by atoms with Crippen LogP contribution >= 0.6 is 0 Å². The van der Waals surface area contributed by atoms with E-state index in [4.69, 9.17) is 5.73 Å². The smallest absolute Gasteiger partial charge is 0.298 e. The molecule has 358 valence electrons. The van der Waals surface area contributed by atoms with Crippen LogP contribution in [-0.4, -0.2) is 93.0 Å². The van der Waals surface area contributed by atoms with Crippen molar-refractivity contribution in [3.63, 3.8) is 0 Å². The molecular weight excluding hydrogens is 1040 g/mol. The number of nitro groups is 1. The van der Waals surface area contributed by atoms with E-state index in [0.29, 0.717) is 60.7 Å². The van der Waals surface area contributed by atoms with Crippen molar-refractivity contribution in [1.29, 1.82) is 0 Å². The van der Waals surface area contributed by atoms with Crippen LogP contribution in [0.1, 0.15) is 0 Å². The lowest BCUT2D eigenvalue weighted by Gasteiger charge is -2.14. The molecule has 0 saturated heterocycles. The van der Waals surface area contributed by atoms with Gasteiger partial charge in [-0.2, -0.15) is 50.5 Å². The molecule has 6 aromatic rings. The van der Waals surface area contributed by atoms with Gasteiger partial charge in [0.1, 0.15) is 42.4 Å². The van der Waals surface area contributed by atoms with Gasteiger partial charge in [0.05, 0.1) is 42.5 Å². The minimum absolute atomic E-state index is 0.318. The third-order valence-corrected chi connectivity index (χ3v) is 14.1. The summed E-state index contributed by atoms with van der Waals surface area (Å²) < 4.78 is 204. The first kappa shape index (κ1) is 50.3. The van der Waals surface area contributed by atoms with Crippen molar-refractivity contribution >= 4 is 128 Å². The second-order valence-electron chi connectivity index (χ2n) is 13.3. The standard InChI is InChI=1S/C32H22N8O22S6/c33-30-22(12-26(67(57,58)59)17-11-27(68(60,61)62)31(32(42)29(17)30)39-35-19-3-1-14(64(48,49)50)9-23(19)40(43)44)38-36-20-5-4-18(16-7-15(65(51,52)53)10-24(41)28(16)20)34-37-21-8-13(63(45,46)47)2-6-25(21)66(54,55)56/h1-12,41-42H,33H2,(H,45,46,47)(H,48,49,50)(H,51,52,53)(H,54,55,56)(H,57,58,59)(H,60,61,62). The van der Waals surface area contributed by atoms with Gasteiger partial charge in [-0.3, -0.25) is 37.4 Å². The summed E-state index contributed by atoms with van der Waals surface area (Å²) >= 11 is 0. The number of anilines is 1. The number of phenolic OH excluding ortho intramolecular Hbond substituents is 2. The van der Waals surface area contributed by atoms with Crippen molar-refractivity contribution in [2.75, 3.05) is 5.73 Å². The molecule has 0 bridgehead atoms. The zero-order valence-corrected chi connectivity index (χ0v) is 37.3. The average molecular weight is 1060 g/mol. The molecule has 0 aromatic heterocycles. The molecule has 0 spiro atoms. The molecule has 0 radical (unpaired) electrons. The topological polar surface area (TPSA) is 510 Å². The number of phenols is 2. The number of rotatable bonds is 13. The Hall–Kier alpha value is -7.10. The first-order valence-electron chi connectivity index (χ1n) is 17.0. The quantitative estimate of drug-likeness (QED) is 0.0223. The number of aromatic hydroxyl groups is 2. The fourth-order valence-electron chi connectivity index (χ4n) is 5.99. The summed E-state index contributed by atoms with van der Waals surface area (Å²) in [6, 6.07) is 6.92. The average Bonchev–Trinajstić information content (AvgIpc) is 3.19. The second-order valence-corrected chi connectivity index (χ2v) is 21.7. The van der Waals surface area contributed by atoms with Crippen LogP contribution < -0.4 is 5.73 Å². The summed E-state index contributed by atoms with van der Waals surface area (Å²) in [5.74, 6) is -2.50. The molecule has 0 aliphatic heterocycles. The number of azo groups is 3. The number of nitrogen functional groups attached to an aromatic ring is 1. The van der Waals surface area contributed by atoms with Crippen molar-refractivity contribution < 1.29 is 93.0 Å². The first-order valence-corrected chi connectivity index (χ1v) is 25.7. The van der Waals surface area contributed by atoms with Crippen LogP contribution in [-0.2, 0) is 60.7 Å². The summed E-state index contributed by atoms with van der Waals surface area (Å²) in [6.07, 6.45) is 0. The Kier molecular flexibility index (Phi) is 12.7. The van der Waals surface area contributed by atoms with Crippen molar-refractivity contribution in [2.24, 2.45) is 30.7 Å². The van der Waals surface area contributed by atoms with E-state index in [9.17, 15) is 98.2 Å². The SMILES string of the molecule is Nc1c(N=Nc2ccc(N=Nc3cc(S(=O)(=O)O)ccc3S(=O)(=O)O)c3cc(S(=O)(=O)O)cc(O)c23)cc(S(=O)(=O)O)c2cc(S(=O)(=O)O)c(N=Nc3ccc(S(=O)(=O)O)cc3[N+](=O)[O-])c(O)c12. The Bertz CT molecular complexity index is 4030.